The molecule has 6 rings (SSSR count). The molecular formula is C23H14FN7. The number of benzene rings is 1. The summed E-state index contributed by atoms with van der Waals surface area (Å²) in [5.74, 6) is -0.270. The van der Waals surface area contributed by atoms with Gasteiger partial charge in [-0.25, -0.2) is 19.3 Å². The van der Waals surface area contributed by atoms with Crippen LogP contribution in [-0.4, -0.2) is 35.1 Å². The highest BCUT2D eigenvalue weighted by atomic mass is 19.1. The lowest BCUT2D eigenvalue weighted by Gasteiger charge is -2.02. The zero-order valence-corrected chi connectivity index (χ0v) is 16.0. The molecule has 0 amide bonds. The van der Waals surface area contributed by atoms with Crippen molar-refractivity contribution in [2.45, 2.75) is 0 Å². The zero-order chi connectivity index (χ0) is 20.8. The van der Waals surface area contributed by atoms with Crippen LogP contribution >= 0.6 is 0 Å². The normalized spacial score (nSPS) is 11.4. The fourth-order valence-corrected chi connectivity index (χ4v) is 3.75. The first-order valence-corrected chi connectivity index (χ1v) is 9.59. The summed E-state index contributed by atoms with van der Waals surface area (Å²) in [6, 6.07) is 10.4. The zero-order valence-electron chi connectivity index (χ0n) is 16.0. The summed E-state index contributed by atoms with van der Waals surface area (Å²) >= 11 is 0. The Kier molecular flexibility index (Phi) is 3.82. The number of rotatable bonds is 3. The van der Waals surface area contributed by atoms with Crippen LogP contribution in [-0.2, 0) is 0 Å². The van der Waals surface area contributed by atoms with Gasteiger partial charge in [-0.05, 0) is 29.8 Å². The van der Waals surface area contributed by atoms with E-state index in [0.717, 1.165) is 49.9 Å². The molecule has 6 aromatic rings. The molecule has 7 nitrogen and oxygen atoms in total. The van der Waals surface area contributed by atoms with Crippen LogP contribution < -0.4 is 0 Å². The third-order valence-electron chi connectivity index (χ3n) is 5.27. The Morgan fingerprint density at radius 2 is 1.58 bits per heavy atom. The molecule has 0 atom stereocenters. The van der Waals surface area contributed by atoms with E-state index in [2.05, 4.69) is 35.1 Å². The van der Waals surface area contributed by atoms with Crippen LogP contribution in [0.4, 0.5) is 4.39 Å². The Morgan fingerprint density at radius 3 is 2.42 bits per heavy atom. The van der Waals surface area contributed by atoms with Crippen LogP contribution in [0.2, 0.25) is 0 Å². The number of aromatic amines is 2. The predicted molar refractivity (Wildman–Crippen MR) is 115 cm³/mol. The molecule has 148 valence electrons. The van der Waals surface area contributed by atoms with Crippen molar-refractivity contribution in [2.75, 3.05) is 0 Å². The predicted octanol–water partition coefficient (Wildman–Crippen LogP) is 4.76. The average molecular weight is 407 g/mol. The van der Waals surface area contributed by atoms with Crippen molar-refractivity contribution in [1.82, 2.24) is 35.1 Å². The highest BCUT2D eigenvalue weighted by molar-refractivity contribution is 6.00. The summed E-state index contributed by atoms with van der Waals surface area (Å²) in [6.07, 6.45) is 10.3. The molecule has 0 aliphatic heterocycles. The molecule has 5 aromatic heterocycles. The van der Waals surface area contributed by atoms with E-state index in [-0.39, 0.29) is 5.82 Å². The highest BCUT2D eigenvalue weighted by Crippen LogP contribution is 2.34. The van der Waals surface area contributed by atoms with Crippen molar-refractivity contribution < 1.29 is 4.39 Å². The summed E-state index contributed by atoms with van der Waals surface area (Å²) in [7, 11) is 0. The van der Waals surface area contributed by atoms with Gasteiger partial charge in [-0.1, -0.05) is 12.1 Å². The molecule has 0 unspecified atom stereocenters. The van der Waals surface area contributed by atoms with Crippen molar-refractivity contribution in [1.29, 1.82) is 0 Å². The maximum Gasteiger partial charge on any atom is 0.155 e. The molecule has 0 saturated carbocycles. The fraction of sp³-hybridized carbons (Fsp3) is 0. The Hall–Kier alpha value is -4.46. The first kappa shape index (κ1) is 17.4. The molecule has 1 aromatic carbocycles. The van der Waals surface area contributed by atoms with E-state index in [0.29, 0.717) is 5.65 Å². The summed E-state index contributed by atoms with van der Waals surface area (Å²) in [6.45, 7) is 0. The molecule has 0 fully saturated rings. The lowest BCUT2D eigenvalue weighted by Crippen LogP contribution is -1.85. The van der Waals surface area contributed by atoms with Crippen molar-refractivity contribution in [3.63, 3.8) is 0 Å². The monoisotopic (exact) mass is 407 g/mol. The number of H-pyrrole nitrogens is 2. The van der Waals surface area contributed by atoms with Crippen molar-refractivity contribution in [3.8, 4) is 33.6 Å². The van der Waals surface area contributed by atoms with E-state index < -0.39 is 0 Å². The molecule has 8 heteroatoms. The van der Waals surface area contributed by atoms with Gasteiger partial charge in [0, 0.05) is 52.3 Å². The first-order valence-electron chi connectivity index (χ1n) is 9.59. The average Bonchev–Trinajstić information content (AvgIpc) is 3.43. The lowest BCUT2D eigenvalue weighted by atomic mass is 10.0. The maximum atomic E-state index is 13.4. The van der Waals surface area contributed by atoms with E-state index in [1.165, 1.54) is 18.5 Å². The number of halogens is 1. The van der Waals surface area contributed by atoms with Crippen LogP contribution in [0, 0.1) is 5.82 Å². The Bertz CT molecular complexity index is 1540. The molecule has 0 radical (unpaired) electrons. The molecule has 31 heavy (non-hydrogen) atoms. The lowest BCUT2D eigenvalue weighted by molar-refractivity contribution is 0.628. The minimum absolute atomic E-state index is 0.270. The van der Waals surface area contributed by atoms with Crippen LogP contribution in [0.3, 0.4) is 0 Å². The largest absolute Gasteiger partial charge is 0.352 e. The van der Waals surface area contributed by atoms with Gasteiger partial charge in [0.25, 0.3) is 0 Å². The van der Waals surface area contributed by atoms with Gasteiger partial charge in [0.05, 0.1) is 17.4 Å². The van der Waals surface area contributed by atoms with Gasteiger partial charge in [-0.3, -0.25) is 10.1 Å². The minimum atomic E-state index is -0.270. The van der Waals surface area contributed by atoms with Crippen molar-refractivity contribution in [2.24, 2.45) is 0 Å². The Morgan fingerprint density at radius 1 is 0.742 bits per heavy atom. The molecule has 0 aliphatic rings. The van der Waals surface area contributed by atoms with Crippen LogP contribution in [0.25, 0.3) is 55.6 Å². The second-order valence-electron chi connectivity index (χ2n) is 7.16. The van der Waals surface area contributed by atoms with Crippen LogP contribution in [0.5, 0.6) is 0 Å². The van der Waals surface area contributed by atoms with Gasteiger partial charge in [0.1, 0.15) is 17.8 Å². The van der Waals surface area contributed by atoms with Gasteiger partial charge < -0.3 is 4.98 Å². The number of nitrogens with zero attached hydrogens (tertiary/aromatic N) is 5. The van der Waals surface area contributed by atoms with Gasteiger partial charge in [0.2, 0.25) is 0 Å². The van der Waals surface area contributed by atoms with Crippen molar-refractivity contribution >= 4 is 21.9 Å². The highest BCUT2D eigenvalue weighted by Gasteiger charge is 2.15. The maximum absolute atomic E-state index is 13.4. The van der Waals surface area contributed by atoms with E-state index >= 15 is 0 Å². The second-order valence-corrected chi connectivity index (χ2v) is 7.16. The number of fused-ring (bicyclic) bond motifs is 2. The van der Waals surface area contributed by atoms with E-state index in [9.17, 15) is 4.39 Å². The van der Waals surface area contributed by atoms with Gasteiger partial charge >= 0.3 is 0 Å². The first-order chi connectivity index (χ1) is 15.3. The number of aromatic nitrogens is 7. The quantitative estimate of drug-likeness (QED) is 0.441. The second kappa shape index (κ2) is 6.81. The number of pyridine rings is 2. The standard InChI is InChI=1S/C23H14FN7/c24-16-3-1-13(2-4-16)19-10-25-11-21-17(19)6-20(29-21)22-18-5-14(9-28-23(18)31-30-22)15-7-26-12-27-8-15/h1-12,29H,(H,28,30,31). The Labute approximate surface area is 175 Å². The number of hydrogen-bond donors (Lipinski definition) is 2. The SMILES string of the molecule is Fc1ccc(-c2cncc3[nH]c(-c4n[nH]c5ncc(-c6cncnc6)cc45)cc23)cc1. The van der Waals surface area contributed by atoms with Gasteiger partial charge in [-0.15, -0.1) is 0 Å². The van der Waals surface area contributed by atoms with Crippen LogP contribution in [0.15, 0.2) is 73.7 Å². The van der Waals surface area contributed by atoms with Gasteiger partial charge in [-0.2, -0.15) is 5.10 Å². The summed E-state index contributed by atoms with van der Waals surface area (Å²) in [5.41, 5.74) is 6.73. The summed E-state index contributed by atoms with van der Waals surface area (Å²) in [5, 5.41) is 9.34. The molecule has 0 saturated heterocycles. The van der Waals surface area contributed by atoms with E-state index in [4.69, 9.17) is 0 Å². The topological polar surface area (TPSA) is 96.0 Å². The van der Waals surface area contributed by atoms with Crippen molar-refractivity contribution in [3.05, 3.63) is 79.5 Å². The molecular weight excluding hydrogens is 393 g/mol. The van der Waals surface area contributed by atoms with E-state index in [1.807, 2.05) is 12.1 Å². The molecule has 0 spiro atoms. The Balaban J connectivity index is 1.51. The fourth-order valence-electron chi connectivity index (χ4n) is 3.75. The minimum Gasteiger partial charge on any atom is -0.352 e. The molecule has 0 bridgehead atoms. The van der Waals surface area contributed by atoms with E-state index in [1.54, 1.807) is 43.1 Å². The molecule has 2 N–H and O–H groups in total. The van der Waals surface area contributed by atoms with Gasteiger partial charge in [0.15, 0.2) is 5.65 Å². The number of nitrogens with one attached hydrogen (secondary N) is 2. The van der Waals surface area contributed by atoms with Crippen LogP contribution in [0.1, 0.15) is 0 Å². The third kappa shape index (κ3) is 2.93. The molecule has 5 heterocycles. The summed E-state index contributed by atoms with van der Waals surface area (Å²) in [4.78, 5) is 20.4. The summed E-state index contributed by atoms with van der Waals surface area (Å²) < 4.78 is 13.4. The smallest absolute Gasteiger partial charge is 0.155 e. The third-order valence-corrected chi connectivity index (χ3v) is 5.27. The molecule has 0 aliphatic carbocycles. The number of hydrogen-bond acceptors (Lipinski definition) is 5.